The molecule has 5 N–H and O–H groups in total. The monoisotopic (exact) mass is 438 g/mol. The molecule has 2 aromatic carbocycles. The second-order valence-corrected chi connectivity index (χ2v) is 9.64. The predicted octanol–water partition coefficient (Wildman–Crippen LogP) is 2.93. The van der Waals surface area contributed by atoms with E-state index in [9.17, 15) is 9.90 Å². The van der Waals surface area contributed by atoms with Crippen molar-refractivity contribution in [2.75, 3.05) is 43.4 Å². The molecule has 0 bridgehead atoms. The van der Waals surface area contributed by atoms with Gasteiger partial charge in [0.25, 0.3) is 5.91 Å². The Bertz CT molecular complexity index is 1080. The predicted molar refractivity (Wildman–Crippen MR) is 129 cm³/mol. The first-order valence-electron chi connectivity index (χ1n) is 10.7. The molecule has 6 nitrogen and oxygen atoms in total. The van der Waals surface area contributed by atoms with Crippen molar-refractivity contribution in [2.45, 2.75) is 25.8 Å². The highest BCUT2D eigenvalue weighted by atomic mass is 32.1. The summed E-state index contributed by atoms with van der Waals surface area (Å²) in [5, 5.41) is 17.0. The third kappa shape index (κ3) is 4.69. The van der Waals surface area contributed by atoms with E-state index in [1.54, 1.807) is 0 Å². The number of amides is 1. The van der Waals surface area contributed by atoms with Gasteiger partial charge in [-0.2, -0.15) is 0 Å². The smallest absolute Gasteiger partial charge is 0.263 e. The zero-order valence-corrected chi connectivity index (χ0v) is 18.9. The molecule has 1 fully saturated rings. The highest BCUT2D eigenvalue weighted by Gasteiger charge is 2.29. The minimum Gasteiger partial charge on any atom is -0.397 e. The van der Waals surface area contributed by atoms with Crippen LogP contribution in [0.1, 0.15) is 27.7 Å². The number of aliphatic hydroxyl groups excluding tert-OH is 1. The Morgan fingerprint density at radius 2 is 2.06 bits per heavy atom. The number of nitrogens with two attached hydrogens (primary N) is 1. The van der Waals surface area contributed by atoms with E-state index in [-0.39, 0.29) is 18.1 Å². The van der Waals surface area contributed by atoms with Gasteiger partial charge in [-0.25, -0.2) is 0 Å². The Morgan fingerprint density at radius 3 is 2.81 bits per heavy atom. The molecule has 7 heteroatoms. The number of anilines is 2. The summed E-state index contributed by atoms with van der Waals surface area (Å²) >= 11 is 1.45. The average Bonchev–Trinajstić information content (AvgIpc) is 3.10. The van der Waals surface area contributed by atoms with Crippen LogP contribution in [0, 0.1) is 6.92 Å². The summed E-state index contributed by atoms with van der Waals surface area (Å²) in [5.41, 5.74) is 9.99. The maximum Gasteiger partial charge on any atom is 0.263 e. The van der Waals surface area contributed by atoms with Gasteiger partial charge in [-0.15, -0.1) is 11.3 Å². The number of piperazine rings is 1. The molecule has 0 spiro atoms. The van der Waals surface area contributed by atoms with Crippen molar-refractivity contribution in [1.82, 2.24) is 10.6 Å². The molecule has 1 aromatic heterocycles. The van der Waals surface area contributed by atoms with Gasteiger partial charge in [-0.05, 0) is 49.6 Å². The normalized spacial score (nSPS) is 19.0. The van der Waals surface area contributed by atoms with E-state index >= 15 is 0 Å². The quantitative estimate of drug-likeness (QED) is 0.475. The van der Waals surface area contributed by atoms with Gasteiger partial charge in [0, 0.05) is 42.0 Å². The van der Waals surface area contributed by atoms with Crippen LogP contribution in [0.3, 0.4) is 0 Å². The minimum atomic E-state index is -0.270. The Morgan fingerprint density at radius 1 is 1.29 bits per heavy atom. The first kappa shape index (κ1) is 21.6. The van der Waals surface area contributed by atoms with Crippen LogP contribution in [0.4, 0.5) is 11.4 Å². The number of fused-ring (bicyclic) bond motifs is 1. The molecule has 3 aromatic rings. The number of carbonyl (C=O) groups is 1. The molecular weight excluding hydrogens is 408 g/mol. The summed E-state index contributed by atoms with van der Waals surface area (Å²) in [6.45, 7) is 7.29. The van der Waals surface area contributed by atoms with Crippen LogP contribution < -0.4 is 21.3 Å². The molecule has 0 saturated carbocycles. The Labute approximate surface area is 187 Å². The molecule has 1 saturated heterocycles. The van der Waals surface area contributed by atoms with Crippen molar-refractivity contribution in [2.24, 2.45) is 0 Å². The minimum absolute atomic E-state index is 0.114. The SMILES string of the molecule is Cc1ccc2c(N)c(C(=O)NCCc3ccc(N4CCN[C@@](C)(CO)C4)cc3)sc2c1. The highest BCUT2D eigenvalue weighted by molar-refractivity contribution is 7.21. The molecule has 164 valence electrons. The number of hydrogen-bond acceptors (Lipinski definition) is 6. The molecule has 31 heavy (non-hydrogen) atoms. The number of hydrogen-bond donors (Lipinski definition) is 4. The lowest BCUT2D eigenvalue weighted by atomic mass is 9.99. The third-order valence-electron chi connectivity index (χ3n) is 5.91. The first-order valence-corrected chi connectivity index (χ1v) is 11.5. The Kier molecular flexibility index (Phi) is 6.18. The van der Waals surface area contributed by atoms with Gasteiger partial charge in [-0.1, -0.05) is 24.3 Å². The van der Waals surface area contributed by atoms with Gasteiger partial charge in [0.05, 0.1) is 17.8 Å². The summed E-state index contributed by atoms with van der Waals surface area (Å²) in [6.07, 6.45) is 0.756. The van der Waals surface area contributed by atoms with E-state index in [0.717, 1.165) is 47.4 Å². The van der Waals surface area contributed by atoms with E-state index in [1.807, 2.05) is 26.0 Å². The maximum atomic E-state index is 12.6. The maximum absolute atomic E-state index is 12.6. The topological polar surface area (TPSA) is 90.6 Å². The summed E-state index contributed by atoms with van der Waals surface area (Å²) in [5.74, 6) is -0.114. The molecule has 0 radical (unpaired) electrons. The second kappa shape index (κ2) is 8.86. The number of nitrogens with zero attached hydrogens (tertiary/aromatic N) is 1. The van der Waals surface area contributed by atoms with Crippen LogP contribution in [-0.4, -0.2) is 49.3 Å². The number of nitrogen functional groups attached to an aromatic ring is 1. The van der Waals surface area contributed by atoms with Crippen molar-refractivity contribution in [3.63, 3.8) is 0 Å². The van der Waals surface area contributed by atoms with E-state index < -0.39 is 0 Å². The van der Waals surface area contributed by atoms with Crippen molar-refractivity contribution in [1.29, 1.82) is 0 Å². The molecule has 1 aliphatic heterocycles. The second-order valence-electron chi connectivity index (χ2n) is 8.58. The number of nitrogens with one attached hydrogen (secondary N) is 2. The number of aliphatic hydroxyl groups is 1. The molecule has 4 rings (SSSR count). The summed E-state index contributed by atoms with van der Waals surface area (Å²) < 4.78 is 1.04. The lowest BCUT2D eigenvalue weighted by molar-refractivity contribution is 0.0959. The summed E-state index contributed by atoms with van der Waals surface area (Å²) in [7, 11) is 0. The van der Waals surface area contributed by atoms with Crippen LogP contribution >= 0.6 is 11.3 Å². The molecule has 2 heterocycles. The van der Waals surface area contributed by atoms with Crippen LogP contribution in [-0.2, 0) is 6.42 Å². The van der Waals surface area contributed by atoms with Crippen molar-refractivity contribution in [3.8, 4) is 0 Å². The zero-order valence-electron chi connectivity index (χ0n) is 18.1. The van der Waals surface area contributed by atoms with Crippen LogP contribution in [0.25, 0.3) is 10.1 Å². The average molecular weight is 439 g/mol. The molecule has 1 amide bonds. The molecule has 1 aliphatic rings. The first-order chi connectivity index (χ1) is 14.9. The third-order valence-corrected chi connectivity index (χ3v) is 7.08. The fourth-order valence-electron chi connectivity index (χ4n) is 4.04. The van der Waals surface area contributed by atoms with E-state index in [2.05, 4.69) is 45.9 Å². The fraction of sp³-hybridized carbons (Fsp3) is 0.375. The van der Waals surface area contributed by atoms with Crippen molar-refractivity contribution >= 4 is 38.7 Å². The molecule has 0 aliphatic carbocycles. The van der Waals surface area contributed by atoms with Gasteiger partial charge in [0.2, 0.25) is 0 Å². The largest absolute Gasteiger partial charge is 0.397 e. The number of aryl methyl sites for hydroxylation is 1. The van der Waals surface area contributed by atoms with Crippen molar-refractivity contribution < 1.29 is 9.90 Å². The summed E-state index contributed by atoms with van der Waals surface area (Å²) in [4.78, 5) is 15.5. The van der Waals surface area contributed by atoms with Crippen LogP contribution in [0.15, 0.2) is 42.5 Å². The Balaban J connectivity index is 1.34. The van der Waals surface area contributed by atoms with E-state index in [4.69, 9.17) is 5.73 Å². The van der Waals surface area contributed by atoms with Gasteiger partial charge in [0.1, 0.15) is 4.88 Å². The van der Waals surface area contributed by atoms with Crippen LogP contribution in [0.5, 0.6) is 0 Å². The fourth-order valence-corrected chi connectivity index (χ4v) is 5.18. The lowest BCUT2D eigenvalue weighted by Crippen LogP contribution is -2.60. The number of thiophene rings is 1. The van der Waals surface area contributed by atoms with E-state index in [1.165, 1.54) is 16.9 Å². The molecule has 1 atom stereocenters. The van der Waals surface area contributed by atoms with Gasteiger partial charge in [0.15, 0.2) is 0 Å². The van der Waals surface area contributed by atoms with Gasteiger partial charge in [-0.3, -0.25) is 4.79 Å². The highest BCUT2D eigenvalue weighted by Crippen LogP contribution is 2.34. The Hall–Kier alpha value is -2.61. The van der Waals surface area contributed by atoms with Gasteiger partial charge < -0.3 is 26.4 Å². The zero-order chi connectivity index (χ0) is 22.0. The standard InChI is InChI=1S/C24H30N4O2S/c1-16-3-8-19-20(13-16)31-22(21(19)25)23(30)26-10-9-17-4-6-18(7-5-17)28-12-11-27-24(2,14-28)15-29/h3-8,13,27,29H,9-12,14-15,25H2,1-2H3,(H,26,30)/t24-/m1/s1. The molecular formula is C24H30N4O2S. The number of rotatable bonds is 6. The van der Waals surface area contributed by atoms with Gasteiger partial charge >= 0.3 is 0 Å². The summed E-state index contributed by atoms with van der Waals surface area (Å²) in [6, 6.07) is 14.5. The van der Waals surface area contributed by atoms with Crippen molar-refractivity contribution in [3.05, 3.63) is 58.5 Å². The number of benzene rings is 2. The van der Waals surface area contributed by atoms with E-state index in [0.29, 0.717) is 17.1 Å². The number of carbonyl (C=O) groups excluding carboxylic acids is 1. The molecule has 0 unspecified atom stereocenters. The lowest BCUT2D eigenvalue weighted by Gasteiger charge is -2.41. The van der Waals surface area contributed by atoms with Crippen LogP contribution in [0.2, 0.25) is 0 Å².